The quantitative estimate of drug-likeness (QED) is 0.600. The maximum Gasteiger partial charge on any atom is 0.227 e. The van der Waals surface area contributed by atoms with Gasteiger partial charge in [0, 0.05) is 37.2 Å². The Bertz CT molecular complexity index is 1010. The van der Waals surface area contributed by atoms with Gasteiger partial charge in [0.1, 0.15) is 5.75 Å². The molecule has 2 aromatic carbocycles. The summed E-state index contributed by atoms with van der Waals surface area (Å²) in [6.45, 7) is 1.13. The van der Waals surface area contributed by atoms with Crippen molar-refractivity contribution in [2.45, 2.75) is 31.4 Å². The molecule has 0 aliphatic carbocycles. The van der Waals surface area contributed by atoms with Gasteiger partial charge in [0.15, 0.2) is 0 Å². The third-order valence-corrected chi connectivity index (χ3v) is 7.06. The summed E-state index contributed by atoms with van der Waals surface area (Å²) in [5.41, 5.74) is 1.40. The number of piperidine rings is 1. The molecule has 1 aliphatic rings. The van der Waals surface area contributed by atoms with Gasteiger partial charge in [-0.2, -0.15) is 5.26 Å². The van der Waals surface area contributed by atoms with Crippen LogP contribution in [0.4, 0.5) is 5.69 Å². The van der Waals surface area contributed by atoms with Crippen LogP contribution < -0.4 is 10.1 Å². The van der Waals surface area contributed by atoms with Crippen LogP contribution in [0.1, 0.15) is 31.2 Å². The van der Waals surface area contributed by atoms with Crippen LogP contribution in [-0.4, -0.2) is 38.3 Å². The minimum atomic E-state index is -3.40. The molecule has 0 aromatic heterocycles. The molecule has 1 heterocycles. The summed E-state index contributed by atoms with van der Waals surface area (Å²) in [7, 11) is -3.40. The van der Waals surface area contributed by atoms with Gasteiger partial charge in [-0.1, -0.05) is 36.4 Å². The van der Waals surface area contributed by atoms with Crippen molar-refractivity contribution in [1.29, 1.82) is 5.26 Å². The molecule has 0 atom stereocenters. The van der Waals surface area contributed by atoms with E-state index in [4.69, 9.17) is 10.00 Å². The lowest BCUT2D eigenvalue weighted by Crippen LogP contribution is -2.41. The van der Waals surface area contributed by atoms with Gasteiger partial charge in [0.05, 0.1) is 18.4 Å². The smallest absolute Gasteiger partial charge is 0.227 e. The third kappa shape index (κ3) is 6.81. The lowest BCUT2D eigenvalue weighted by atomic mass is 9.97. The average molecular weight is 442 g/mol. The number of carbonyl (C=O) groups excluding carboxylic acids is 1. The molecule has 0 bridgehead atoms. The molecule has 0 saturated carbocycles. The number of hydrogen-bond acceptors (Lipinski definition) is 5. The third-order valence-electron chi connectivity index (χ3n) is 5.21. The Balaban J connectivity index is 1.49. The topological polar surface area (TPSA) is 99.5 Å². The van der Waals surface area contributed by atoms with Gasteiger partial charge >= 0.3 is 0 Å². The first-order valence-electron chi connectivity index (χ1n) is 10.4. The average Bonchev–Trinajstić information content (AvgIpc) is 2.77. The van der Waals surface area contributed by atoms with Crippen molar-refractivity contribution in [2.75, 3.05) is 25.0 Å². The first-order chi connectivity index (χ1) is 15.0. The maximum absolute atomic E-state index is 12.7. The molecule has 7 nitrogen and oxygen atoms in total. The Kier molecular flexibility index (Phi) is 8.04. The van der Waals surface area contributed by atoms with Gasteiger partial charge in [-0.05, 0) is 37.0 Å². The summed E-state index contributed by atoms with van der Waals surface area (Å²) in [4.78, 5) is 12.7. The van der Waals surface area contributed by atoms with Crippen LogP contribution >= 0.6 is 0 Å². The Morgan fingerprint density at radius 1 is 1.13 bits per heavy atom. The fraction of sp³-hybridized carbons (Fsp3) is 0.391. The van der Waals surface area contributed by atoms with Crippen LogP contribution in [0.5, 0.6) is 5.75 Å². The van der Waals surface area contributed by atoms with Crippen LogP contribution in [0.25, 0.3) is 0 Å². The monoisotopic (exact) mass is 441 g/mol. The number of amides is 1. The zero-order valence-corrected chi connectivity index (χ0v) is 18.2. The highest BCUT2D eigenvalue weighted by Crippen LogP contribution is 2.24. The van der Waals surface area contributed by atoms with E-state index in [-0.39, 0.29) is 17.6 Å². The molecule has 8 heteroatoms. The lowest BCUT2D eigenvalue weighted by molar-refractivity contribution is -0.120. The Morgan fingerprint density at radius 2 is 1.87 bits per heavy atom. The molecule has 1 amide bonds. The van der Waals surface area contributed by atoms with E-state index in [0.717, 1.165) is 5.56 Å². The lowest BCUT2D eigenvalue weighted by Gasteiger charge is -2.30. The molecular formula is C23H27N3O4S. The molecule has 0 spiro atoms. The van der Waals surface area contributed by atoms with Gasteiger partial charge in [0.25, 0.3) is 0 Å². The summed E-state index contributed by atoms with van der Waals surface area (Å²) >= 11 is 0. The Labute approximate surface area is 183 Å². The second kappa shape index (κ2) is 10.9. The van der Waals surface area contributed by atoms with Crippen molar-refractivity contribution < 1.29 is 17.9 Å². The first-order valence-corrected chi connectivity index (χ1v) is 12.0. The SMILES string of the molecule is N#CCCCOc1cccc(NC(=O)C2CCN(S(=O)(=O)Cc3ccccc3)CC2)c1. The Morgan fingerprint density at radius 3 is 2.58 bits per heavy atom. The number of unbranched alkanes of at least 4 members (excludes halogenated alkanes) is 1. The second-order valence-electron chi connectivity index (χ2n) is 7.54. The standard InChI is InChI=1S/C23H27N3O4S/c24-13-4-5-16-30-22-10-6-9-21(17-22)25-23(27)20-11-14-26(15-12-20)31(28,29)18-19-7-2-1-3-8-19/h1-3,6-10,17,20H,4-5,11-12,14-16,18H2,(H,25,27). The number of benzene rings is 2. The number of hydrogen-bond donors (Lipinski definition) is 1. The van der Waals surface area contributed by atoms with Crippen molar-refractivity contribution in [1.82, 2.24) is 4.31 Å². The number of sulfonamides is 1. The highest BCUT2D eigenvalue weighted by Gasteiger charge is 2.31. The summed E-state index contributed by atoms with van der Waals surface area (Å²) in [5, 5.41) is 11.5. The number of carbonyl (C=O) groups is 1. The van der Waals surface area contributed by atoms with Crippen LogP contribution in [0.3, 0.4) is 0 Å². The predicted octanol–water partition coefficient (Wildman–Crippen LogP) is 3.55. The summed E-state index contributed by atoms with van der Waals surface area (Å²) in [6, 6.07) is 18.3. The summed E-state index contributed by atoms with van der Waals surface area (Å²) in [5.74, 6) is 0.272. The first kappa shape index (κ1) is 22.8. The summed E-state index contributed by atoms with van der Waals surface area (Å²) < 4.78 is 32.4. The predicted molar refractivity (Wildman–Crippen MR) is 119 cm³/mol. The number of ether oxygens (including phenoxy) is 1. The van der Waals surface area contributed by atoms with Crippen molar-refractivity contribution in [3.63, 3.8) is 0 Å². The van der Waals surface area contributed by atoms with E-state index in [1.165, 1.54) is 4.31 Å². The van der Waals surface area contributed by atoms with Crippen molar-refractivity contribution in [2.24, 2.45) is 5.92 Å². The van der Waals surface area contributed by atoms with Crippen LogP contribution in [0.15, 0.2) is 54.6 Å². The minimum absolute atomic E-state index is 0.0220. The molecule has 0 radical (unpaired) electrons. The molecule has 31 heavy (non-hydrogen) atoms. The highest BCUT2D eigenvalue weighted by atomic mass is 32.2. The highest BCUT2D eigenvalue weighted by molar-refractivity contribution is 7.88. The fourth-order valence-electron chi connectivity index (χ4n) is 3.52. The molecule has 1 saturated heterocycles. The second-order valence-corrected chi connectivity index (χ2v) is 9.51. The zero-order chi connectivity index (χ0) is 22.1. The van der Waals surface area contributed by atoms with E-state index in [1.54, 1.807) is 36.4 Å². The summed E-state index contributed by atoms with van der Waals surface area (Å²) in [6.07, 6.45) is 2.07. The normalized spacial score (nSPS) is 15.2. The van der Waals surface area contributed by atoms with Crippen molar-refractivity contribution in [3.05, 3.63) is 60.2 Å². The van der Waals surface area contributed by atoms with Gasteiger partial charge < -0.3 is 10.1 Å². The van der Waals surface area contributed by atoms with Gasteiger partial charge in [0.2, 0.25) is 15.9 Å². The molecule has 3 rings (SSSR count). The molecule has 1 N–H and O–H groups in total. The van der Waals surface area contributed by atoms with Crippen molar-refractivity contribution in [3.8, 4) is 11.8 Å². The van der Waals surface area contributed by atoms with E-state index in [2.05, 4.69) is 11.4 Å². The van der Waals surface area contributed by atoms with Gasteiger partial charge in [-0.15, -0.1) is 0 Å². The van der Waals surface area contributed by atoms with Crippen LogP contribution in [0, 0.1) is 17.2 Å². The minimum Gasteiger partial charge on any atom is -0.493 e. The van der Waals surface area contributed by atoms with E-state index in [1.807, 2.05) is 18.2 Å². The number of nitrogens with zero attached hydrogens (tertiary/aromatic N) is 2. The van der Waals surface area contributed by atoms with E-state index < -0.39 is 10.0 Å². The number of anilines is 1. The van der Waals surface area contributed by atoms with Crippen LogP contribution in [-0.2, 0) is 20.6 Å². The molecule has 2 aromatic rings. The number of nitrogens with one attached hydrogen (secondary N) is 1. The fourth-order valence-corrected chi connectivity index (χ4v) is 5.08. The Hall–Kier alpha value is -2.89. The molecular weight excluding hydrogens is 414 g/mol. The zero-order valence-electron chi connectivity index (χ0n) is 17.4. The molecule has 164 valence electrons. The largest absolute Gasteiger partial charge is 0.493 e. The van der Waals surface area contributed by atoms with Gasteiger partial charge in [-0.25, -0.2) is 12.7 Å². The van der Waals surface area contributed by atoms with E-state index >= 15 is 0 Å². The number of rotatable bonds is 9. The van der Waals surface area contributed by atoms with E-state index in [9.17, 15) is 13.2 Å². The van der Waals surface area contributed by atoms with Crippen LogP contribution in [0.2, 0.25) is 0 Å². The molecule has 1 aliphatic heterocycles. The maximum atomic E-state index is 12.7. The molecule has 0 unspecified atom stereocenters. The van der Waals surface area contributed by atoms with E-state index in [0.29, 0.717) is 56.8 Å². The van der Waals surface area contributed by atoms with Crippen molar-refractivity contribution >= 4 is 21.6 Å². The molecule has 1 fully saturated rings. The number of nitriles is 1. The van der Waals surface area contributed by atoms with Gasteiger partial charge in [-0.3, -0.25) is 4.79 Å².